The maximum absolute atomic E-state index is 12.5. The van der Waals surface area contributed by atoms with E-state index in [4.69, 9.17) is 14.5 Å². The van der Waals surface area contributed by atoms with Crippen molar-refractivity contribution in [1.29, 1.82) is 0 Å². The van der Waals surface area contributed by atoms with Gasteiger partial charge in [-0.3, -0.25) is 4.99 Å². The van der Waals surface area contributed by atoms with Gasteiger partial charge >= 0.3 is 6.09 Å². The molecule has 7 heteroatoms. The van der Waals surface area contributed by atoms with Gasteiger partial charge in [0.15, 0.2) is 5.96 Å². The highest BCUT2D eigenvalue weighted by atomic mass is 16.6. The summed E-state index contributed by atoms with van der Waals surface area (Å²) >= 11 is 0. The number of nitrogens with zero attached hydrogens (tertiary/aromatic N) is 2. The van der Waals surface area contributed by atoms with Crippen LogP contribution in [0.3, 0.4) is 0 Å². The largest absolute Gasteiger partial charge is 0.444 e. The van der Waals surface area contributed by atoms with E-state index in [2.05, 4.69) is 17.6 Å². The number of amides is 1. The number of piperidine rings is 1. The number of carbonyl (C=O) groups excluding carboxylic acids is 1. The molecule has 1 atom stereocenters. The Balaban J connectivity index is 2.54. The number of guanidine groups is 1. The first-order chi connectivity index (χ1) is 12.9. The third-order valence-electron chi connectivity index (χ3n) is 4.27. The lowest BCUT2D eigenvalue weighted by molar-refractivity contribution is 0.0110. The van der Waals surface area contributed by atoms with Gasteiger partial charge in [-0.2, -0.15) is 0 Å². The average Bonchev–Trinajstić information content (AvgIpc) is 2.61. The van der Waals surface area contributed by atoms with E-state index in [9.17, 15) is 4.79 Å². The van der Waals surface area contributed by atoms with Gasteiger partial charge in [0.25, 0.3) is 0 Å². The van der Waals surface area contributed by atoms with Gasteiger partial charge in [-0.1, -0.05) is 0 Å². The van der Waals surface area contributed by atoms with Crippen LogP contribution >= 0.6 is 0 Å². The molecule has 1 aliphatic heterocycles. The van der Waals surface area contributed by atoms with Crippen LogP contribution < -0.4 is 10.6 Å². The molecule has 0 aromatic heterocycles. The van der Waals surface area contributed by atoms with E-state index in [1.54, 1.807) is 0 Å². The Morgan fingerprint density at radius 1 is 1.19 bits per heavy atom. The maximum atomic E-state index is 12.5. The topological polar surface area (TPSA) is 75.2 Å². The zero-order valence-corrected chi connectivity index (χ0v) is 18.0. The third-order valence-corrected chi connectivity index (χ3v) is 4.27. The van der Waals surface area contributed by atoms with Gasteiger partial charge in [0.05, 0.1) is 12.6 Å². The Hall–Kier alpha value is -1.50. The van der Waals surface area contributed by atoms with E-state index >= 15 is 0 Å². The minimum absolute atomic E-state index is 0.0991. The molecular weight excluding hydrogens is 344 g/mol. The van der Waals surface area contributed by atoms with Crippen molar-refractivity contribution in [1.82, 2.24) is 15.5 Å². The van der Waals surface area contributed by atoms with E-state index in [0.717, 1.165) is 70.9 Å². The summed E-state index contributed by atoms with van der Waals surface area (Å²) in [6, 6.07) is 0.0991. The van der Waals surface area contributed by atoms with Gasteiger partial charge in [0, 0.05) is 32.8 Å². The first-order valence-corrected chi connectivity index (χ1v) is 10.5. The molecule has 1 rings (SSSR count). The van der Waals surface area contributed by atoms with Gasteiger partial charge in [0.2, 0.25) is 0 Å². The highest BCUT2D eigenvalue weighted by Gasteiger charge is 2.30. The van der Waals surface area contributed by atoms with E-state index < -0.39 is 5.60 Å². The smallest absolute Gasteiger partial charge is 0.410 e. The summed E-state index contributed by atoms with van der Waals surface area (Å²) in [5.41, 5.74) is -0.472. The first kappa shape index (κ1) is 23.5. The molecule has 0 spiro atoms. The van der Waals surface area contributed by atoms with Crippen LogP contribution in [-0.4, -0.2) is 68.0 Å². The summed E-state index contributed by atoms with van der Waals surface area (Å²) in [4.78, 5) is 19.1. The predicted molar refractivity (Wildman–Crippen MR) is 110 cm³/mol. The fourth-order valence-electron chi connectivity index (χ4n) is 2.97. The lowest BCUT2D eigenvalue weighted by Crippen LogP contribution is -2.48. The molecule has 2 N–H and O–H groups in total. The number of aliphatic imine (C=N–C) groups is 1. The van der Waals surface area contributed by atoms with E-state index in [1.165, 1.54) is 0 Å². The number of rotatable bonds is 9. The molecule has 1 heterocycles. The Kier molecular flexibility index (Phi) is 11.2. The van der Waals surface area contributed by atoms with Crippen molar-refractivity contribution in [2.45, 2.75) is 78.4 Å². The second-order valence-corrected chi connectivity index (χ2v) is 7.87. The lowest BCUT2D eigenvalue weighted by Gasteiger charge is -2.36. The summed E-state index contributed by atoms with van der Waals surface area (Å²) < 4.78 is 10.9. The molecule has 1 unspecified atom stereocenters. The van der Waals surface area contributed by atoms with Crippen LogP contribution in [0.5, 0.6) is 0 Å². The Morgan fingerprint density at radius 3 is 2.63 bits per heavy atom. The second kappa shape index (κ2) is 12.8. The molecule has 1 amide bonds. The van der Waals surface area contributed by atoms with Gasteiger partial charge in [-0.25, -0.2) is 4.79 Å². The van der Waals surface area contributed by atoms with Crippen molar-refractivity contribution in [3.63, 3.8) is 0 Å². The van der Waals surface area contributed by atoms with Crippen LogP contribution in [0.1, 0.15) is 66.7 Å². The number of carbonyl (C=O) groups is 1. The zero-order chi connectivity index (χ0) is 20.1. The Bertz CT molecular complexity index is 449. The van der Waals surface area contributed by atoms with Crippen LogP contribution in [0.15, 0.2) is 4.99 Å². The number of hydrogen-bond acceptors (Lipinski definition) is 4. The average molecular weight is 385 g/mol. The highest BCUT2D eigenvalue weighted by Crippen LogP contribution is 2.20. The number of ether oxygens (including phenoxy) is 2. The monoisotopic (exact) mass is 384 g/mol. The molecule has 0 bridgehead atoms. The van der Waals surface area contributed by atoms with Crippen LogP contribution in [-0.2, 0) is 9.47 Å². The molecule has 0 aliphatic carbocycles. The molecule has 27 heavy (non-hydrogen) atoms. The molecule has 7 nitrogen and oxygen atoms in total. The minimum atomic E-state index is -0.472. The Morgan fingerprint density at radius 2 is 1.96 bits per heavy atom. The second-order valence-electron chi connectivity index (χ2n) is 7.87. The quantitative estimate of drug-likeness (QED) is 0.363. The molecule has 158 valence electrons. The molecule has 0 aromatic carbocycles. The zero-order valence-electron chi connectivity index (χ0n) is 18.0. The number of likely N-dealkylation sites (tertiary alicyclic amines) is 1. The minimum Gasteiger partial charge on any atom is -0.444 e. The normalized spacial score (nSPS) is 18.3. The number of nitrogens with one attached hydrogen (secondary N) is 2. The van der Waals surface area contributed by atoms with Crippen LogP contribution in [0.2, 0.25) is 0 Å². The predicted octanol–water partition coefficient (Wildman–Crippen LogP) is 3.15. The standard InChI is InChI=1S/C20H40N4O3/c1-6-21-18(22-13-9-11-15-26-7-2)23-16-17-12-8-10-14-24(17)19(25)27-20(3,4)5/h17H,6-16H2,1-5H3,(H2,21,22,23). The number of hydrogen-bond donors (Lipinski definition) is 2. The summed E-state index contributed by atoms with van der Waals surface area (Å²) in [7, 11) is 0. The molecule has 0 aromatic rings. The highest BCUT2D eigenvalue weighted by molar-refractivity contribution is 5.79. The first-order valence-electron chi connectivity index (χ1n) is 10.5. The molecule has 1 fully saturated rings. The maximum Gasteiger partial charge on any atom is 0.410 e. The van der Waals surface area contributed by atoms with Gasteiger partial charge in [0.1, 0.15) is 5.60 Å². The summed E-state index contributed by atoms with van der Waals surface area (Å²) in [5, 5.41) is 6.65. The van der Waals surface area contributed by atoms with Gasteiger partial charge in [-0.05, 0) is 66.7 Å². The molecular formula is C20H40N4O3. The van der Waals surface area contributed by atoms with Gasteiger partial charge < -0.3 is 25.0 Å². The summed E-state index contributed by atoms with van der Waals surface area (Å²) in [6.45, 7) is 14.4. The third kappa shape index (κ3) is 10.4. The van der Waals surface area contributed by atoms with Crippen molar-refractivity contribution >= 4 is 12.1 Å². The molecule has 0 radical (unpaired) electrons. The van der Waals surface area contributed by atoms with Crippen molar-refractivity contribution in [3.8, 4) is 0 Å². The fraction of sp³-hybridized carbons (Fsp3) is 0.900. The van der Waals surface area contributed by atoms with Crippen molar-refractivity contribution in [3.05, 3.63) is 0 Å². The van der Waals surface area contributed by atoms with E-state index in [0.29, 0.717) is 6.54 Å². The van der Waals surface area contributed by atoms with Crippen molar-refractivity contribution in [2.75, 3.05) is 39.4 Å². The van der Waals surface area contributed by atoms with Crippen LogP contribution in [0, 0.1) is 0 Å². The van der Waals surface area contributed by atoms with Crippen LogP contribution in [0.25, 0.3) is 0 Å². The Labute approximate surface area is 165 Å². The molecule has 1 saturated heterocycles. The van der Waals surface area contributed by atoms with Crippen LogP contribution in [0.4, 0.5) is 4.79 Å². The van der Waals surface area contributed by atoms with E-state index in [-0.39, 0.29) is 12.1 Å². The fourth-order valence-corrected chi connectivity index (χ4v) is 2.97. The molecule has 1 aliphatic rings. The van der Waals surface area contributed by atoms with E-state index in [1.807, 2.05) is 32.6 Å². The van der Waals surface area contributed by atoms with Gasteiger partial charge in [-0.15, -0.1) is 0 Å². The molecule has 0 saturated carbocycles. The SMILES string of the molecule is CCNC(=NCC1CCCCN1C(=O)OC(C)(C)C)NCCCCOCC. The van der Waals surface area contributed by atoms with Crippen molar-refractivity contribution in [2.24, 2.45) is 4.99 Å². The summed E-state index contributed by atoms with van der Waals surface area (Å²) in [6.07, 6.45) is 4.97. The lowest BCUT2D eigenvalue weighted by atomic mass is 10.0. The summed E-state index contributed by atoms with van der Waals surface area (Å²) in [5.74, 6) is 0.809. The van der Waals surface area contributed by atoms with Crippen molar-refractivity contribution < 1.29 is 14.3 Å². The number of unbranched alkanes of at least 4 members (excludes halogenated alkanes) is 1.